The molecule has 0 aliphatic heterocycles. The predicted molar refractivity (Wildman–Crippen MR) is 121 cm³/mol. The van der Waals surface area contributed by atoms with Crippen molar-refractivity contribution in [2.45, 2.75) is 6.92 Å². The standard InChI is InChI=1S/C24H20N2O4S/c1-3-30-24(28)19-14-21(16-9-5-4-6-10-16)31-23(19)26-22(27)18(15-25)13-17-11-7-8-12-20(17)29-2/h4-14H,3H2,1-2H3,(H,26,27). The zero-order chi connectivity index (χ0) is 22.2. The maximum Gasteiger partial charge on any atom is 0.341 e. The van der Waals surface area contributed by atoms with Crippen LogP contribution < -0.4 is 10.1 Å². The van der Waals surface area contributed by atoms with Gasteiger partial charge in [-0.2, -0.15) is 5.26 Å². The number of benzene rings is 2. The molecular weight excluding hydrogens is 412 g/mol. The van der Waals surface area contributed by atoms with Crippen LogP contribution in [0.2, 0.25) is 0 Å². The number of hydrogen-bond acceptors (Lipinski definition) is 6. The molecule has 0 radical (unpaired) electrons. The third-order valence-corrected chi connectivity index (χ3v) is 5.42. The van der Waals surface area contributed by atoms with Crippen LogP contribution in [0.5, 0.6) is 5.75 Å². The number of carbonyl (C=O) groups excluding carboxylic acids is 2. The van der Waals surface area contributed by atoms with Crippen LogP contribution in [0, 0.1) is 11.3 Å². The molecule has 0 atom stereocenters. The number of esters is 1. The number of thiophene rings is 1. The van der Waals surface area contributed by atoms with Crippen molar-refractivity contribution in [3.05, 3.63) is 77.4 Å². The van der Waals surface area contributed by atoms with E-state index in [1.807, 2.05) is 36.4 Å². The first-order valence-corrected chi connectivity index (χ1v) is 10.3. The fourth-order valence-corrected chi connectivity index (χ4v) is 3.90. The maximum atomic E-state index is 12.8. The number of ether oxygens (including phenoxy) is 2. The minimum absolute atomic E-state index is 0.117. The Labute approximate surface area is 184 Å². The van der Waals surface area contributed by atoms with Gasteiger partial charge < -0.3 is 14.8 Å². The Kier molecular flexibility index (Phi) is 7.20. The smallest absolute Gasteiger partial charge is 0.341 e. The molecule has 0 saturated heterocycles. The Hall–Kier alpha value is -3.89. The summed E-state index contributed by atoms with van der Waals surface area (Å²) in [6, 6.07) is 20.2. The average molecular weight is 433 g/mol. The number of anilines is 1. The lowest BCUT2D eigenvalue weighted by atomic mass is 10.1. The van der Waals surface area contributed by atoms with E-state index in [1.54, 1.807) is 37.3 Å². The van der Waals surface area contributed by atoms with Crippen LogP contribution in [-0.2, 0) is 9.53 Å². The van der Waals surface area contributed by atoms with Gasteiger partial charge in [0.25, 0.3) is 5.91 Å². The normalized spacial score (nSPS) is 10.8. The molecule has 3 aromatic rings. The molecule has 1 heterocycles. The number of hydrogen-bond donors (Lipinski definition) is 1. The number of rotatable bonds is 7. The number of nitrogens with one attached hydrogen (secondary N) is 1. The van der Waals surface area contributed by atoms with Crippen LogP contribution in [0.15, 0.2) is 66.2 Å². The second-order valence-electron chi connectivity index (χ2n) is 6.31. The number of nitriles is 1. The van der Waals surface area contributed by atoms with E-state index in [2.05, 4.69) is 5.32 Å². The van der Waals surface area contributed by atoms with Crippen molar-refractivity contribution in [2.24, 2.45) is 0 Å². The summed E-state index contributed by atoms with van der Waals surface area (Å²) in [5, 5.41) is 12.6. The molecule has 0 saturated carbocycles. The second kappa shape index (κ2) is 10.2. The summed E-state index contributed by atoms with van der Waals surface area (Å²) < 4.78 is 10.4. The van der Waals surface area contributed by atoms with Crippen molar-refractivity contribution in [1.82, 2.24) is 0 Å². The van der Waals surface area contributed by atoms with Crippen molar-refractivity contribution < 1.29 is 19.1 Å². The van der Waals surface area contributed by atoms with E-state index in [0.717, 1.165) is 10.4 Å². The monoisotopic (exact) mass is 432 g/mol. The molecule has 3 rings (SSSR count). The molecule has 156 valence electrons. The number of para-hydroxylation sites is 1. The van der Waals surface area contributed by atoms with Gasteiger partial charge in [0.05, 0.1) is 19.3 Å². The van der Waals surface area contributed by atoms with E-state index >= 15 is 0 Å². The van der Waals surface area contributed by atoms with Crippen LogP contribution in [0.3, 0.4) is 0 Å². The fourth-order valence-electron chi connectivity index (χ4n) is 2.85. The molecule has 31 heavy (non-hydrogen) atoms. The average Bonchev–Trinajstić information content (AvgIpc) is 3.22. The molecular formula is C24H20N2O4S. The van der Waals surface area contributed by atoms with Crippen LogP contribution in [-0.4, -0.2) is 25.6 Å². The first kappa shape index (κ1) is 21.8. The lowest BCUT2D eigenvalue weighted by Gasteiger charge is -2.07. The zero-order valence-corrected chi connectivity index (χ0v) is 17.9. The predicted octanol–water partition coefficient (Wildman–Crippen LogP) is 5.15. The SMILES string of the molecule is CCOC(=O)c1cc(-c2ccccc2)sc1NC(=O)C(C#N)=Cc1ccccc1OC. The van der Waals surface area contributed by atoms with E-state index in [4.69, 9.17) is 9.47 Å². The zero-order valence-electron chi connectivity index (χ0n) is 17.0. The molecule has 6 nitrogen and oxygen atoms in total. The molecule has 0 spiro atoms. The third-order valence-electron chi connectivity index (χ3n) is 4.32. The van der Waals surface area contributed by atoms with E-state index < -0.39 is 11.9 Å². The molecule has 0 unspecified atom stereocenters. The van der Waals surface area contributed by atoms with Gasteiger partial charge in [-0.1, -0.05) is 48.5 Å². The topological polar surface area (TPSA) is 88.4 Å². The van der Waals surface area contributed by atoms with Gasteiger partial charge >= 0.3 is 5.97 Å². The minimum Gasteiger partial charge on any atom is -0.496 e. The van der Waals surface area contributed by atoms with Crippen LogP contribution in [0.1, 0.15) is 22.8 Å². The summed E-state index contributed by atoms with van der Waals surface area (Å²) in [6.45, 7) is 1.92. The highest BCUT2D eigenvalue weighted by atomic mass is 32.1. The van der Waals surface area contributed by atoms with Crippen molar-refractivity contribution in [1.29, 1.82) is 5.26 Å². The van der Waals surface area contributed by atoms with Gasteiger partial charge in [-0.05, 0) is 30.7 Å². The Balaban J connectivity index is 1.95. The highest BCUT2D eigenvalue weighted by Gasteiger charge is 2.21. The van der Waals surface area contributed by atoms with E-state index in [9.17, 15) is 14.9 Å². The summed E-state index contributed by atoms with van der Waals surface area (Å²) in [7, 11) is 1.52. The number of nitrogens with zero attached hydrogens (tertiary/aromatic N) is 1. The van der Waals surface area contributed by atoms with Crippen molar-refractivity contribution in [3.63, 3.8) is 0 Å². The van der Waals surface area contributed by atoms with Gasteiger partial charge in [0, 0.05) is 10.4 Å². The summed E-state index contributed by atoms with van der Waals surface area (Å²) in [5.41, 5.74) is 1.63. The molecule has 1 N–H and O–H groups in total. The Bertz CT molecular complexity index is 1160. The lowest BCUT2D eigenvalue weighted by molar-refractivity contribution is -0.112. The minimum atomic E-state index is -0.625. The van der Waals surface area contributed by atoms with Gasteiger partial charge in [0.2, 0.25) is 0 Å². The highest BCUT2D eigenvalue weighted by Crippen LogP contribution is 2.36. The molecule has 0 bridgehead atoms. The fraction of sp³-hybridized carbons (Fsp3) is 0.125. The van der Waals surface area contributed by atoms with Gasteiger partial charge in [0.15, 0.2) is 0 Å². The van der Waals surface area contributed by atoms with E-state index in [-0.39, 0.29) is 17.7 Å². The molecule has 0 aliphatic rings. The first-order chi connectivity index (χ1) is 15.1. The summed E-state index contributed by atoms with van der Waals surface area (Å²) in [5.74, 6) is -0.624. The van der Waals surface area contributed by atoms with Crippen molar-refractivity contribution >= 4 is 34.3 Å². The van der Waals surface area contributed by atoms with Gasteiger partial charge in [-0.3, -0.25) is 4.79 Å². The number of carbonyl (C=O) groups is 2. The van der Waals surface area contributed by atoms with Gasteiger partial charge in [-0.25, -0.2) is 4.79 Å². The molecule has 0 fully saturated rings. The van der Waals surface area contributed by atoms with Crippen molar-refractivity contribution in [2.75, 3.05) is 19.0 Å². The maximum absolute atomic E-state index is 12.8. The van der Waals surface area contributed by atoms with Gasteiger partial charge in [0.1, 0.15) is 22.4 Å². The largest absolute Gasteiger partial charge is 0.496 e. The van der Waals surface area contributed by atoms with Crippen molar-refractivity contribution in [3.8, 4) is 22.3 Å². The van der Waals surface area contributed by atoms with Crippen LogP contribution >= 0.6 is 11.3 Å². The Morgan fingerprint density at radius 1 is 1.13 bits per heavy atom. The third kappa shape index (κ3) is 5.18. The molecule has 1 aromatic heterocycles. The van der Waals surface area contributed by atoms with Gasteiger partial charge in [-0.15, -0.1) is 11.3 Å². The van der Waals surface area contributed by atoms with Crippen LogP contribution in [0.4, 0.5) is 5.00 Å². The molecule has 1 amide bonds. The summed E-state index contributed by atoms with van der Waals surface area (Å²) in [6.07, 6.45) is 1.45. The van der Waals surface area contributed by atoms with E-state index in [0.29, 0.717) is 16.3 Å². The Morgan fingerprint density at radius 3 is 2.52 bits per heavy atom. The summed E-state index contributed by atoms with van der Waals surface area (Å²) in [4.78, 5) is 26.1. The highest BCUT2D eigenvalue weighted by molar-refractivity contribution is 7.20. The van der Waals surface area contributed by atoms with E-state index in [1.165, 1.54) is 24.5 Å². The molecule has 7 heteroatoms. The van der Waals surface area contributed by atoms with Crippen LogP contribution in [0.25, 0.3) is 16.5 Å². The lowest BCUT2D eigenvalue weighted by Crippen LogP contribution is -2.15. The first-order valence-electron chi connectivity index (χ1n) is 9.50. The molecule has 0 aliphatic carbocycles. The Morgan fingerprint density at radius 2 is 1.84 bits per heavy atom. The number of methoxy groups -OCH3 is 1. The number of amides is 1. The summed E-state index contributed by atoms with van der Waals surface area (Å²) >= 11 is 1.24. The second-order valence-corrected chi connectivity index (χ2v) is 7.36. The molecule has 2 aromatic carbocycles. The quantitative estimate of drug-likeness (QED) is 0.317.